The second-order valence-corrected chi connectivity index (χ2v) is 5.21. The summed E-state index contributed by atoms with van der Waals surface area (Å²) < 4.78 is 0. The van der Waals surface area contributed by atoms with Gasteiger partial charge in [-0.15, -0.1) is 0 Å². The zero-order valence-corrected chi connectivity index (χ0v) is 11.8. The normalized spacial score (nSPS) is 15.9. The van der Waals surface area contributed by atoms with Crippen molar-refractivity contribution >= 4 is 11.6 Å². The van der Waals surface area contributed by atoms with Crippen LogP contribution in [0.5, 0.6) is 0 Å². The van der Waals surface area contributed by atoms with Gasteiger partial charge in [0, 0.05) is 30.8 Å². The van der Waals surface area contributed by atoms with Gasteiger partial charge in [0.2, 0.25) is 0 Å². The van der Waals surface area contributed by atoms with Crippen molar-refractivity contribution in [2.24, 2.45) is 0 Å². The van der Waals surface area contributed by atoms with Gasteiger partial charge in [-0.25, -0.2) is 0 Å². The molecule has 0 aromatic heterocycles. The molecule has 1 fully saturated rings. The molecule has 1 aromatic rings. The highest BCUT2D eigenvalue weighted by molar-refractivity contribution is 5.95. The van der Waals surface area contributed by atoms with E-state index in [1.54, 1.807) is 24.9 Å². The molecule has 2 rings (SSSR count). The molecule has 108 valence electrons. The summed E-state index contributed by atoms with van der Waals surface area (Å²) in [4.78, 5) is 24.6. The van der Waals surface area contributed by atoms with Crippen LogP contribution in [0.2, 0.25) is 0 Å². The second kappa shape index (κ2) is 6.00. The Morgan fingerprint density at radius 1 is 1.35 bits per heavy atom. The molecule has 6 nitrogen and oxygen atoms in total. The molecular formula is C14H19N3O3. The van der Waals surface area contributed by atoms with Gasteiger partial charge in [0.15, 0.2) is 0 Å². The average molecular weight is 277 g/mol. The van der Waals surface area contributed by atoms with Gasteiger partial charge in [-0.2, -0.15) is 0 Å². The Labute approximate surface area is 117 Å². The van der Waals surface area contributed by atoms with Crippen molar-refractivity contribution in [1.29, 1.82) is 0 Å². The first-order valence-electron chi connectivity index (χ1n) is 6.73. The van der Waals surface area contributed by atoms with Crippen molar-refractivity contribution in [2.75, 3.05) is 20.1 Å². The highest BCUT2D eigenvalue weighted by Crippen LogP contribution is 2.20. The molecule has 0 radical (unpaired) electrons. The van der Waals surface area contributed by atoms with Gasteiger partial charge < -0.3 is 10.2 Å². The molecule has 1 saturated heterocycles. The zero-order valence-electron chi connectivity index (χ0n) is 11.8. The molecule has 0 bridgehead atoms. The number of carbonyl (C=O) groups excluding carboxylic acids is 1. The number of hydrogen-bond donors (Lipinski definition) is 1. The summed E-state index contributed by atoms with van der Waals surface area (Å²) in [7, 11) is 1.77. The van der Waals surface area contributed by atoms with Gasteiger partial charge in [0.1, 0.15) is 0 Å². The molecule has 1 aliphatic heterocycles. The number of piperidine rings is 1. The van der Waals surface area contributed by atoms with E-state index >= 15 is 0 Å². The number of nitrogens with one attached hydrogen (secondary N) is 1. The number of amides is 1. The van der Waals surface area contributed by atoms with E-state index in [0.29, 0.717) is 5.56 Å². The van der Waals surface area contributed by atoms with Crippen LogP contribution in [0.4, 0.5) is 5.69 Å². The van der Waals surface area contributed by atoms with Crippen LogP contribution in [0.1, 0.15) is 28.8 Å². The van der Waals surface area contributed by atoms with Gasteiger partial charge in [-0.3, -0.25) is 14.9 Å². The first-order valence-corrected chi connectivity index (χ1v) is 6.73. The fourth-order valence-corrected chi connectivity index (χ4v) is 2.56. The maximum atomic E-state index is 12.5. The van der Waals surface area contributed by atoms with Crippen LogP contribution >= 0.6 is 0 Å². The number of benzene rings is 1. The van der Waals surface area contributed by atoms with Crippen LogP contribution in [0.25, 0.3) is 0 Å². The van der Waals surface area contributed by atoms with Crippen molar-refractivity contribution in [1.82, 2.24) is 10.2 Å². The minimum Gasteiger partial charge on any atom is -0.339 e. The summed E-state index contributed by atoms with van der Waals surface area (Å²) in [6, 6.07) is 4.73. The van der Waals surface area contributed by atoms with Crippen molar-refractivity contribution < 1.29 is 9.72 Å². The standard InChI is InChI=1S/C14H19N3O3/c1-10-7-11(9-13(8-10)17(19)20)14(18)16(2)12-3-5-15-6-4-12/h7-9,12,15H,3-6H2,1-2H3. The number of non-ortho nitro benzene ring substituents is 1. The van der Waals surface area contributed by atoms with Crippen molar-refractivity contribution in [3.05, 3.63) is 39.4 Å². The summed E-state index contributed by atoms with van der Waals surface area (Å²) in [5, 5.41) is 14.1. The molecule has 0 atom stereocenters. The largest absolute Gasteiger partial charge is 0.339 e. The highest BCUT2D eigenvalue weighted by atomic mass is 16.6. The number of hydrogen-bond acceptors (Lipinski definition) is 4. The van der Waals surface area contributed by atoms with Gasteiger partial charge in [0.25, 0.3) is 11.6 Å². The Morgan fingerprint density at radius 2 is 2.00 bits per heavy atom. The number of nitro benzene ring substituents is 1. The topological polar surface area (TPSA) is 75.5 Å². The lowest BCUT2D eigenvalue weighted by molar-refractivity contribution is -0.384. The summed E-state index contributed by atoms with van der Waals surface area (Å²) >= 11 is 0. The molecule has 1 aromatic carbocycles. The number of nitro groups is 1. The third-order valence-electron chi connectivity index (χ3n) is 3.70. The van der Waals surface area contributed by atoms with E-state index in [1.807, 2.05) is 0 Å². The minimum atomic E-state index is -0.464. The first kappa shape index (κ1) is 14.5. The van der Waals surface area contributed by atoms with Crippen LogP contribution in [-0.4, -0.2) is 41.9 Å². The molecule has 20 heavy (non-hydrogen) atoms. The maximum absolute atomic E-state index is 12.5. The van der Waals surface area contributed by atoms with E-state index in [1.165, 1.54) is 12.1 Å². The van der Waals surface area contributed by atoms with Crippen molar-refractivity contribution in [3.8, 4) is 0 Å². The van der Waals surface area contributed by atoms with Crippen LogP contribution in [-0.2, 0) is 0 Å². The lowest BCUT2D eigenvalue weighted by Gasteiger charge is -2.31. The molecule has 1 N–H and O–H groups in total. The van der Waals surface area contributed by atoms with E-state index in [4.69, 9.17) is 0 Å². The fraction of sp³-hybridized carbons (Fsp3) is 0.500. The van der Waals surface area contributed by atoms with Gasteiger partial charge in [0.05, 0.1) is 4.92 Å². The third-order valence-corrected chi connectivity index (χ3v) is 3.70. The van der Waals surface area contributed by atoms with E-state index < -0.39 is 4.92 Å². The minimum absolute atomic E-state index is 0.0351. The number of nitrogens with zero attached hydrogens (tertiary/aromatic N) is 2. The predicted molar refractivity (Wildman–Crippen MR) is 75.8 cm³/mol. The van der Waals surface area contributed by atoms with Crippen LogP contribution in [0.15, 0.2) is 18.2 Å². The SMILES string of the molecule is Cc1cc(C(=O)N(C)C2CCNCC2)cc([N+](=O)[O-])c1. The van der Waals surface area contributed by atoms with E-state index in [-0.39, 0.29) is 17.6 Å². The number of rotatable bonds is 3. The highest BCUT2D eigenvalue weighted by Gasteiger charge is 2.24. The molecule has 1 heterocycles. The Bertz CT molecular complexity index is 524. The Hall–Kier alpha value is -1.95. The van der Waals surface area contributed by atoms with Gasteiger partial charge >= 0.3 is 0 Å². The van der Waals surface area contributed by atoms with E-state index in [9.17, 15) is 14.9 Å². The lowest BCUT2D eigenvalue weighted by atomic mass is 10.0. The second-order valence-electron chi connectivity index (χ2n) is 5.21. The number of carbonyl (C=O) groups is 1. The molecule has 1 amide bonds. The lowest BCUT2D eigenvalue weighted by Crippen LogP contribution is -2.44. The smallest absolute Gasteiger partial charge is 0.270 e. The van der Waals surface area contributed by atoms with Crippen molar-refractivity contribution in [2.45, 2.75) is 25.8 Å². The predicted octanol–water partition coefficient (Wildman–Crippen LogP) is 1.73. The summed E-state index contributed by atoms with van der Waals surface area (Å²) in [5.41, 5.74) is 1.08. The monoisotopic (exact) mass is 277 g/mol. The molecule has 0 unspecified atom stereocenters. The molecule has 0 spiro atoms. The van der Waals surface area contributed by atoms with Crippen LogP contribution in [0, 0.1) is 17.0 Å². The average Bonchev–Trinajstić information content (AvgIpc) is 2.46. The van der Waals surface area contributed by atoms with Crippen LogP contribution < -0.4 is 5.32 Å². The van der Waals surface area contributed by atoms with Crippen molar-refractivity contribution in [3.63, 3.8) is 0 Å². The van der Waals surface area contributed by atoms with Gasteiger partial charge in [-0.05, 0) is 44.5 Å². The molecule has 0 saturated carbocycles. The quantitative estimate of drug-likeness (QED) is 0.674. The first-order chi connectivity index (χ1) is 9.49. The fourth-order valence-electron chi connectivity index (χ4n) is 2.56. The maximum Gasteiger partial charge on any atom is 0.270 e. The van der Waals surface area contributed by atoms with Gasteiger partial charge in [-0.1, -0.05) is 0 Å². The Kier molecular flexibility index (Phi) is 4.34. The molecular weight excluding hydrogens is 258 g/mol. The molecule has 1 aliphatic rings. The summed E-state index contributed by atoms with van der Waals surface area (Å²) in [6.45, 7) is 3.56. The molecule has 0 aliphatic carbocycles. The molecule has 6 heteroatoms. The third kappa shape index (κ3) is 3.14. The Morgan fingerprint density at radius 3 is 2.60 bits per heavy atom. The zero-order chi connectivity index (χ0) is 14.7. The van der Waals surface area contributed by atoms with Crippen LogP contribution in [0.3, 0.4) is 0 Å². The summed E-state index contributed by atoms with van der Waals surface area (Å²) in [6.07, 6.45) is 1.83. The van der Waals surface area contributed by atoms with E-state index in [0.717, 1.165) is 31.5 Å². The Balaban J connectivity index is 2.21. The van der Waals surface area contributed by atoms with E-state index in [2.05, 4.69) is 5.32 Å². The summed E-state index contributed by atoms with van der Waals surface area (Å²) in [5.74, 6) is -0.149. The number of aryl methyl sites for hydroxylation is 1.